The maximum atomic E-state index is 5.98. The van der Waals surface area contributed by atoms with E-state index >= 15 is 0 Å². The predicted molar refractivity (Wildman–Crippen MR) is 87.0 cm³/mol. The monoisotopic (exact) mass is 296 g/mol. The minimum atomic E-state index is 0.466. The second-order valence-corrected chi connectivity index (χ2v) is 6.03. The van der Waals surface area contributed by atoms with Crippen LogP contribution in [0.25, 0.3) is 11.0 Å². The normalized spacial score (nSPS) is 14.7. The number of rotatable bonds is 3. The first-order chi connectivity index (χ1) is 10.4. The van der Waals surface area contributed by atoms with Gasteiger partial charge in [-0.25, -0.2) is 4.98 Å². The number of hydrogen-bond acceptors (Lipinski definition) is 1. The summed E-state index contributed by atoms with van der Waals surface area (Å²) >= 11 is 5.98. The fourth-order valence-electron chi connectivity index (χ4n) is 3.48. The highest BCUT2D eigenvalue weighted by atomic mass is 35.5. The van der Waals surface area contributed by atoms with Crippen LogP contribution in [0.4, 0.5) is 0 Å². The lowest BCUT2D eigenvalue weighted by Crippen LogP contribution is -2.13. The van der Waals surface area contributed by atoms with Crippen molar-refractivity contribution in [2.24, 2.45) is 0 Å². The van der Waals surface area contributed by atoms with Crippen molar-refractivity contribution in [2.75, 3.05) is 5.88 Å². The Morgan fingerprint density at radius 1 is 1.00 bits per heavy atom. The highest BCUT2D eigenvalue weighted by molar-refractivity contribution is 6.17. The summed E-state index contributed by atoms with van der Waals surface area (Å²) in [5.74, 6) is 1.73. The van der Waals surface area contributed by atoms with Crippen molar-refractivity contribution in [3.8, 4) is 0 Å². The molecule has 2 nitrogen and oxygen atoms in total. The fraction of sp³-hybridized carbons (Fsp3) is 0.278. The van der Waals surface area contributed by atoms with Crippen LogP contribution >= 0.6 is 11.6 Å². The van der Waals surface area contributed by atoms with Gasteiger partial charge in [0.15, 0.2) is 0 Å². The first-order valence-corrected chi connectivity index (χ1v) is 7.99. The highest BCUT2D eigenvalue weighted by Gasteiger charge is 2.25. The molecule has 0 saturated carbocycles. The molecule has 4 rings (SSSR count). The van der Waals surface area contributed by atoms with Gasteiger partial charge < -0.3 is 4.57 Å². The maximum Gasteiger partial charge on any atom is 0.111 e. The van der Waals surface area contributed by atoms with Crippen LogP contribution in [0.5, 0.6) is 0 Å². The van der Waals surface area contributed by atoms with Crippen LogP contribution in [0.1, 0.15) is 23.0 Å². The molecule has 3 aromatic rings. The Labute approximate surface area is 129 Å². The van der Waals surface area contributed by atoms with E-state index in [2.05, 4.69) is 47.0 Å². The van der Waals surface area contributed by atoms with Gasteiger partial charge >= 0.3 is 0 Å². The standard InChI is InChI=1S/C18H17ClN2/c19-10-9-18-20-16-7-3-4-8-17(16)21(18)15-11-13-5-1-2-6-14(13)12-15/h1-8,15H,9-12H2. The molecule has 1 aliphatic carbocycles. The highest BCUT2D eigenvalue weighted by Crippen LogP contribution is 2.33. The average molecular weight is 297 g/mol. The van der Waals surface area contributed by atoms with E-state index in [1.165, 1.54) is 16.6 Å². The fourth-order valence-corrected chi connectivity index (χ4v) is 3.65. The number of alkyl halides is 1. The zero-order chi connectivity index (χ0) is 14.2. The zero-order valence-corrected chi connectivity index (χ0v) is 12.6. The van der Waals surface area contributed by atoms with Crippen molar-refractivity contribution in [3.05, 3.63) is 65.5 Å². The Balaban J connectivity index is 1.81. The Kier molecular flexibility index (Phi) is 3.19. The van der Waals surface area contributed by atoms with Crippen LogP contribution in [0, 0.1) is 0 Å². The number of imidazole rings is 1. The molecule has 106 valence electrons. The molecule has 0 aliphatic heterocycles. The van der Waals surface area contributed by atoms with Crippen LogP contribution in [0.15, 0.2) is 48.5 Å². The van der Waals surface area contributed by atoms with Gasteiger partial charge in [-0.05, 0) is 36.1 Å². The summed E-state index contributed by atoms with van der Waals surface area (Å²) in [6, 6.07) is 17.6. The number of halogens is 1. The Bertz CT molecular complexity index is 766. The number of para-hydroxylation sites is 2. The molecule has 2 aromatic carbocycles. The summed E-state index contributed by atoms with van der Waals surface area (Å²) in [6.45, 7) is 0. The van der Waals surface area contributed by atoms with Gasteiger partial charge in [0.25, 0.3) is 0 Å². The summed E-state index contributed by atoms with van der Waals surface area (Å²) in [5.41, 5.74) is 5.25. The third-order valence-corrected chi connectivity index (χ3v) is 4.57. The molecule has 0 bridgehead atoms. The van der Waals surface area contributed by atoms with Gasteiger partial charge in [-0.2, -0.15) is 0 Å². The molecule has 0 spiro atoms. The van der Waals surface area contributed by atoms with Crippen molar-refractivity contribution in [1.82, 2.24) is 9.55 Å². The minimum Gasteiger partial charge on any atom is -0.324 e. The number of fused-ring (bicyclic) bond motifs is 2. The number of hydrogen-bond donors (Lipinski definition) is 0. The Morgan fingerprint density at radius 2 is 1.67 bits per heavy atom. The summed E-state index contributed by atoms with van der Waals surface area (Å²) in [4.78, 5) is 4.79. The first kappa shape index (κ1) is 12.9. The lowest BCUT2D eigenvalue weighted by atomic mass is 10.1. The van der Waals surface area contributed by atoms with E-state index in [4.69, 9.17) is 16.6 Å². The SMILES string of the molecule is ClCCc1nc2ccccc2n1C1Cc2ccccc2C1. The van der Waals surface area contributed by atoms with Crippen molar-refractivity contribution in [3.63, 3.8) is 0 Å². The van der Waals surface area contributed by atoms with Crippen LogP contribution in [0.2, 0.25) is 0 Å². The molecule has 0 radical (unpaired) electrons. The molecular formula is C18H17ClN2. The van der Waals surface area contributed by atoms with Gasteiger partial charge in [0, 0.05) is 18.3 Å². The second-order valence-electron chi connectivity index (χ2n) is 5.66. The zero-order valence-electron chi connectivity index (χ0n) is 11.8. The van der Waals surface area contributed by atoms with E-state index in [-0.39, 0.29) is 0 Å². The molecule has 3 heteroatoms. The topological polar surface area (TPSA) is 17.8 Å². The maximum absolute atomic E-state index is 5.98. The molecule has 0 amide bonds. The van der Waals surface area contributed by atoms with Crippen LogP contribution in [-0.2, 0) is 19.3 Å². The molecule has 0 saturated heterocycles. The summed E-state index contributed by atoms with van der Waals surface area (Å²) in [5, 5.41) is 0. The van der Waals surface area contributed by atoms with Crippen molar-refractivity contribution in [1.29, 1.82) is 0 Å². The molecule has 1 aromatic heterocycles. The summed E-state index contributed by atoms with van der Waals surface area (Å²) < 4.78 is 2.41. The van der Waals surface area contributed by atoms with Crippen LogP contribution in [-0.4, -0.2) is 15.4 Å². The molecule has 1 aliphatic rings. The molecular weight excluding hydrogens is 280 g/mol. The van der Waals surface area contributed by atoms with Gasteiger partial charge in [0.05, 0.1) is 11.0 Å². The molecule has 0 N–H and O–H groups in total. The van der Waals surface area contributed by atoms with E-state index in [0.717, 1.165) is 30.6 Å². The van der Waals surface area contributed by atoms with E-state index < -0.39 is 0 Å². The quantitative estimate of drug-likeness (QED) is 0.664. The van der Waals surface area contributed by atoms with Gasteiger partial charge in [-0.3, -0.25) is 0 Å². The van der Waals surface area contributed by atoms with Crippen molar-refractivity contribution >= 4 is 22.6 Å². The van der Waals surface area contributed by atoms with Gasteiger partial charge in [-0.15, -0.1) is 11.6 Å². The molecule has 0 fully saturated rings. The van der Waals surface area contributed by atoms with Crippen LogP contribution in [0.3, 0.4) is 0 Å². The lowest BCUT2D eigenvalue weighted by Gasteiger charge is -2.16. The van der Waals surface area contributed by atoms with E-state index in [0.29, 0.717) is 11.9 Å². The Hall–Kier alpha value is -1.80. The van der Waals surface area contributed by atoms with Crippen molar-refractivity contribution < 1.29 is 0 Å². The smallest absolute Gasteiger partial charge is 0.111 e. The molecule has 0 unspecified atom stereocenters. The van der Waals surface area contributed by atoms with Gasteiger partial charge in [0.1, 0.15) is 5.82 Å². The summed E-state index contributed by atoms with van der Waals surface area (Å²) in [6.07, 6.45) is 3.00. The Morgan fingerprint density at radius 3 is 2.38 bits per heavy atom. The van der Waals surface area contributed by atoms with E-state index in [1.54, 1.807) is 0 Å². The molecule has 1 heterocycles. The number of aryl methyl sites for hydroxylation is 1. The van der Waals surface area contributed by atoms with Gasteiger partial charge in [0.2, 0.25) is 0 Å². The van der Waals surface area contributed by atoms with Crippen LogP contribution < -0.4 is 0 Å². The second kappa shape index (κ2) is 5.19. The minimum absolute atomic E-state index is 0.466. The largest absolute Gasteiger partial charge is 0.324 e. The molecule has 0 atom stereocenters. The first-order valence-electron chi connectivity index (χ1n) is 7.45. The van der Waals surface area contributed by atoms with Crippen molar-refractivity contribution in [2.45, 2.75) is 25.3 Å². The van der Waals surface area contributed by atoms with E-state index in [1.807, 2.05) is 6.07 Å². The number of nitrogens with zero attached hydrogens (tertiary/aromatic N) is 2. The number of benzene rings is 2. The number of aromatic nitrogens is 2. The van der Waals surface area contributed by atoms with Gasteiger partial charge in [-0.1, -0.05) is 36.4 Å². The molecule has 21 heavy (non-hydrogen) atoms. The summed E-state index contributed by atoms with van der Waals surface area (Å²) in [7, 11) is 0. The van der Waals surface area contributed by atoms with E-state index in [9.17, 15) is 0 Å². The average Bonchev–Trinajstić information content (AvgIpc) is 3.07. The third-order valence-electron chi connectivity index (χ3n) is 4.38. The predicted octanol–water partition coefficient (Wildman–Crippen LogP) is 4.16. The third kappa shape index (κ3) is 2.14. The lowest BCUT2D eigenvalue weighted by molar-refractivity contribution is 0.523.